The Bertz CT molecular complexity index is 531. The van der Waals surface area contributed by atoms with Crippen molar-refractivity contribution in [3.8, 4) is 0 Å². The lowest BCUT2D eigenvalue weighted by Crippen LogP contribution is -2.46. The van der Waals surface area contributed by atoms with E-state index in [9.17, 15) is 14.4 Å². The number of carbonyl (C=O) groups is 3. The van der Waals surface area contributed by atoms with Crippen LogP contribution in [0.25, 0.3) is 0 Å². The lowest BCUT2D eigenvalue weighted by molar-refractivity contribution is -0.193. The number of hydroxylamine groups is 2. The van der Waals surface area contributed by atoms with Gasteiger partial charge in [-0.3, -0.25) is 9.63 Å². The normalized spacial score (nSPS) is 25.3. The second-order valence-corrected chi connectivity index (χ2v) is 5.77. The Morgan fingerprint density at radius 1 is 1.36 bits per heavy atom. The Labute approximate surface area is 128 Å². The third kappa shape index (κ3) is 2.92. The average Bonchev–Trinajstić information content (AvgIpc) is 2.68. The predicted molar refractivity (Wildman–Crippen MR) is 76.2 cm³/mol. The van der Waals surface area contributed by atoms with Crippen LogP contribution in [0.2, 0.25) is 0 Å². The van der Waals surface area contributed by atoms with Crippen molar-refractivity contribution in [1.29, 1.82) is 0 Å². The minimum absolute atomic E-state index is 0.267. The van der Waals surface area contributed by atoms with Gasteiger partial charge in [0, 0.05) is 0 Å². The number of urea groups is 1. The molecule has 2 aliphatic rings. The first-order valence-corrected chi connectivity index (χ1v) is 7.17. The van der Waals surface area contributed by atoms with E-state index in [-0.39, 0.29) is 12.1 Å². The summed E-state index contributed by atoms with van der Waals surface area (Å²) in [7, 11) is 0. The van der Waals surface area contributed by atoms with Crippen LogP contribution in [0.15, 0.2) is 11.6 Å². The van der Waals surface area contributed by atoms with Gasteiger partial charge in [0.15, 0.2) is 6.10 Å². The number of nitrogens with zero attached hydrogens (tertiary/aromatic N) is 2. The van der Waals surface area contributed by atoms with E-state index in [1.54, 1.807) is 26.8 Å². The summed E-state index contributed by atoms with van der Waals surface area (Å²) in [6.45, 7) is 7.08. The fourth-order valence-corrected chi connectivity index (χ4v) is 2.51. The zero-order chi connectivity index (χ0) is 16.6. The van der Waals surface area contributed by atoms with Gasteiger partial charge in [-0.2, -0.15) is 5.06 Å². The highest BCUT2D eigenvalue weighted by Gasteiger charge is 2.48. The molecule has 8 heteroatoms. The lowest BCUT2D eigenvalue weighted by atomic mass is 10.0. The van der Waals surface area contributed by atoms with Crippen molar-refractivity contribution in [3.63, 3.8) is 0 Å². The van der Waals surface area contributed by atoms with E-state index in [0.29, 0.717) is 6.54 Å². The number of esters is 1. The summed E-state index contributed by atoms with van der Waals surface area (Å²) in [6.07, 6.45) is 0.456. The molecule has 0 aromatic heterocycles. The fourth-order valence-electron chi connectivity index (χ4n) is 2.51. The molecule has 1 saturated heterocycles. The van der Waals surface area contributed by atoms with Gasteiger partial charge in [0.2, 0.25) is 5.91 Å². The highest BCUT2D eigenvalue weighted by atomic mass is 16.7. The predicted octanol–water partition coefficient (Wildman–Crippen LogP) is 0.178. The summed E-state index contributed by atoms with van der Waals surface area (Å²) in [5, 5.41) is 1.13. The van der Waals surface area contributed by atoms with Crippen molar-refractivity contribution in [2.24, 2.45) is 5.73 Å². The molecule has 2 aliphatic heterocycles. The Balaban J connectivity index is 2.11. The number of primary amides is 1. The van der Waals surface area contributed by atoms with Crippen LogP contribution in [0.1, 0.15) is 27.7 Å². The van der Waals surface area contributed by atoms with Crippen LogP contribution in [0.5, 0.6) is 0 Å². The summed E-state index contributed by atoms with van der Waals surface area (Å²) in [5.74, 6) is -1.15. The molecule has 2 bridgehead atoms. The number of carbonyl (C=O) groups excluding carboxylic acids is 3. The lowest BCUT2D eigenvalue weighted by Gasteiger charge is -2.26. The molecule has 122 valence electrons. The maximum Gasteiger partial charge on any atom is 0.345 e. The van der Waals surface area contributed by atoms with Crippen molar-refractivity contribution >= 4 is 17.9 Å². The fraction of sp³-hybridized carbons (Fsp3) is 0.643. The standard InChI is InChI=1S/C14H21N3O5/c1-7(2)21-13(19)9(4)22-17-11-6-16(14(17)20)10(12(15)18)5-8(11)3/h5,7,9-11H,6H2,1-4H3,(H2,15,18)/t9-,10+,11+/m1/s1. The molecule has 0 saturated carbocycles. The van der Waals surface area contributed by atoms with Crippen LogP contribution in [0, 0.1) is 0 Å². The number of hydrogen-bond donors (Lipinski definition) is 1. The van der Waals surface area contributed by atoms with Gasteiger partial charge in [-0.05, 0) is 33.3 Å². The Morgan fingerprint density at radius 3 is 2.55 bits per heavy atom. The van der Waals surface area contributed by atoms with Gasteiger partial charge >= 0.3 is 12.0 Å². The topological polar surface area (TPSA) is 102 Å². The van der Waals surface area contributed by atoms with E-state index >= 15 is 0 Å². The van der Waals surface area contributed by atoms with Gasteiger partial charge in [-0.25, -0.2) is 9.59 Å². The van der Waals surface area contributed by atoms with Crippen LogP contribution in [-0.2, 0) is 19.2 Å². The van der Waals surface area contributed by atoms with Crippen LogP contribution < -0.4 is 5.73 Å². The van der Waals surface area contributed by atoms with Crippen molar-refractivity contribution in [3.05, 3.63) is 11.6 Å². The van der Waals surface area contributed by atoms with Crippen molar-refractivity contribution in [2.45, 2.75) is 52.0 Å². The molecule has 0 aromatic rings. The molecule has 22 heavy (non-hydrogen) atoms. The summed E-state index contributed by atoms with van der Waals surface area (Å²) in [6, 6.07) is -1.60. The minimum atomic E-state index is -0.924. The number of rotatable bonds is 5. The van der Waals surface area contributed by atoms with E-state index in [2.05, 4.69) is 0 Å². The van der Waals surface area contributed by atoms with Gasteiger partial charge in [-0.15, -0.1) is 0 Å². The number of hydrogen-bond acceptors (Lipinski definition) is 5. The smallest absolute Gasteiger partial charge is 0.345 e. The quantitative estimate of drug-likeness (QED) is 0.576. The molecule has 1 fully saturated rings. The molecular formula is C14H21N3O5. The van der Waals surface area contributed by atoms with Gasteiger partial charge in [0.1, 0.15) is 6.04 Å². The zero-order valence-corrected chi connectivity index (χ0v) is 13.1. The average molecular weight is 311 g/mol. The Kier molecular flexibility index (Phi) is 4.41. The highest BCUT2D eigenvalue weighted by molar-refractivity contribution is 5.90. The summed E-state index contributed by atoms with van der Waals surface area (Å²) < 4.78 is 5.05. The van der Waals surface area contributed by atoms with Crippen LogP contribution in [-0.4, -0.2) is 58.7 Å². The zero-order valence-electron chi connectivity index (χ0n) is 13.1. The molecule has 2 N–H and O–H groups in total. The van der Waals surface area contributed by atoms with Gasteiger partial charge in [0.25, 0.3) is 0 Å². The maximum absolute atomic E-state index is 12.4. The summed E-state index contributed by atoms with van der Waals surface area (Å²) in [5.41, 5.74) is 6.12. The SMILES string of the molecule is CC1=C[C@@H](C(N)=O)N2C[C@@H]1N(O[C@H](C)C(=O)OC(C)C)C2=O. The van der Waals surface area contributed by atoms with Crippen molar-refractivity contribution in [2.75, 3.05) is 6.54 Å². The van der Waals surface area contributed by atoms with Gasteiger partial charge < -0.3 is 15.4 Å². The van der Waals surface area contributed by atoms with E-state index in [4.69, 9.17) is 15.3 Å². The van der Waals surface area contributed by atoms with Gasteiger partial charge in [-0.1, -0.05) is 6.08 Å². The molecule has 3 amide bonds. The molecule has 0 radical (unpaired) electrons. The third-order valence-corrected chi connectivity index (χ3v) is 3.62. The molecule has 0 spiro atoms. The third-order valence-electron chi connectivity index (χ3n) is 3.62. The van der Waals surface area contributed by atoms with E-state index in [1.807, 2.05) is 0 Å². The first-order chi connectivity index (χ1) is 10.2. The summed E-state index contributed by atoms with van der Waals surface area (Å²) in [4.78, 5) is 42.4. The summed E-state index contributed by atoms with van der Waals surface area (Å²) >= 11 is 0. The number of nitrogens with two attached hydrogens (primary N) is 1. The maximum atomic E-state index is 12.4. The number of ether oxygens (including phenoxy) is 1. The van der Waals surface area contributed by atoms with E-state index in [1.165, 1.54) is 11.8 Å². The molecule has 0 unspecified atom stereocenters. The molecule has 0 aliphatic carbocycles. The molecular weight excluding hydrogens is 290 g/mol. The second-order valence-electron chi connectivity index (χ2n) is 5.77. The first-order valence-electron chi connectivity index (χ1n) is 7.17. The van der Waals surface area contributed by atoms with E-state index < -0.39 is 30.1 Å². The highest BCUT2D eigenvalue weighted by Crippen LogP contribution is 2.30. The van der Waals surface area contributed by atoms with Crippen LogP contribution in [0.3, 0.4) is 0 Å². The van der Waals surface area contributed by atoms with Crippen molar-refractivity contribution < 1.29 is 24.0 Å². The Morgan fingerprint density at radius 2 is 2.00 bits per heavy atom. The van der Waals surface area contributed by atoms with Crippen LogP contribution in [0.4, 0.5) is 4.79 Å². The number of amides is 3. The van der Waals surface area contributed by atoms with E-state index in [0.717, 1.165) is 10.6 Å². The molecule has 2 rings (SSSR count). The minimum Gasteiger partial charge on any atom is -0.461 e. The first kappa shape index (κ1) is 16.3. The molecule has 8 nitrogen and oxygen atoms in total. The number of fused-ring (bicyclic) bond motifs is 2. The largest absolute Gasteiger partial charge is 0.461 e. The second kappa shape index (κ2) is 5.96. The molecule has 0 aromatic carbocycles. The van der Waals surface area contributed by atoms with Crippen molar-refractivity contribution in [1.82, 2.24) is 9.96 Å². The molecule has 3 atom stereocenters. The monoisotopic (exact) mass is 311 g/mol. The Hall–Kier alpha value is -2.09. The van der Waals surface area contributed by atoms with Gasteiger partial charge in [0.05, 0.1) is 18.7 Å². The molecule has 2 heterocycles. The van der Waals surface area contributed by atoms with Crippen LogP contribution >= 0.6 is 0 Å².